The average molecular weight is 349 g/mol. The Hall–Kier alpha value is -1.66. The number of pyridine rings is 1. The van der Waals surface area contributed by atoms with E-state index in [1.54, 1.807) is 17.5 Å². The van der Waals surface area contributed by atoms with Gasteiger partial charge in [-0.05, 0) is 34.1 Å². The molecule has 0 saturated heterocycles. The molecule has 1 aromatic carbocycles. The highest BCUT2D eigenvalue weighted by molar-refractivity contribution is 9.10. The van der Waals surface area contributed by atoms with Gasteiger partial charge in [-0.3, -0.25) is 4.98 Å². The minimum Gasteiger partial charge on any atom is -0.398 e. The number of halogens is 1. The number of hydrogen-bond donors (Lipinski definition) is 2. The van der Waals surface area contributed by atoms with Crippen molar-refractivity contribution >= 4 is 49.5 Å². The zero-order valence-corrected chi connectivity index (χ0v) is 13.0. The molecule has 0 amide bonds. The molecule has 0 spiro atoms. The van der Waals surface area contributed by atoms with Crippen molar-refractivity contribution in [3.8, 4) is 0 Å². The number of fused-ring (bicyclic) bond motifs is 1. The fourth-order valence-corrected chi connectivity index (χ4v) is 2.99. The number of anilines is 2. The van der Waals surface area contributed by atoms with Crippen LogP contribution in [0.2, 0.25) is 0 Å². The Kier molecular flexibility index (Phi) is 3.84. The summed E-state index contributed by atoms with van der Waals surface area (Å²) in [6.07, 6.45) is 4.52. The summed E-state index contributed by atoms with van der Waals surface area (Å²) in [5, 5.41) is 7.49. The van der Waals surface area contributed by atoms with E-state index in [1.165, 1.54) is 0 Å². The molecule has 0 fully saturated rings. The highest BCUT2D eigenvalue weighted by Gasteiger charge is 2.06. The smallest absolute Gasteiger partial charge is 0.0954 e. The van der Waals surface area contributed by atoms with Crippen LogP contribution in [0.3, 0.4) is 0 Å². The number of nitrogens with two attached hydrogens (primary N) is 1. The number of nitrogens with one attached hydrogen (secondary N) is 1. The summed E-state index contributed by atoms with van der Waals surface area (Å²) in [6.45, 7) is 0.824. The van der Waals surface area contributed by atoms with Gasteiger partial charge < -0.3 is 11.1 Å². The predicted octanol–water partition coefficient (Wildman–Crippen LogP) is 3.69. The number of hydrogen-bond acceptors (Lipinski definition) is 5. The normalized spacial score (nSPS) is 10.8. The van der Waals surface area contributed by atoms with E-state index in [1.807, 2.05) is 29.8 Å². The summed E-state index contributed by atoms with van der Waals surface area (Å²) < 4.78 is 0.927. The highest BCUT2D eigenvalue weighted by atomic mass is 79.9. The van der Waals surface area contributed by atoms with Crippen molar-refractivity contribution < 1.29 is 0 Å². The van der Waals surface area contributed by atoms with E-state index in [4.69, 9.17) is 5.73 Å². The van der Waals surface area contributed by atoms with Gasteiger partial charge in [-0.1, -0.05) is 0 Å². The molecule has 0 radical (unpaired) electrons. The summed E-state index contributed by atoms with van der Waals surface area (Å²) in [5.74, 6) is 0. The summed E-state index contributed by atoms with van der Waals surface area (Å²) in [4.78, 5) is 8.73. The Labute approximate surface area is 129 Å². The van der Waals surface area contributed by atoms with Gasteiger partial charge in [0.05, 0.1) is 16.2 Å². The molecule has 0 aliphatic rings. The van der Waals surface area contributed by atoms with Crippen LogP contribution in [-0.4, -0.2) is 16.5 Å². The third-order valence-electron chi connectivity index (χ3n) is 2.99. The molecule has 4 nitrogen and oxygen atoms in total. The van der Waals surface area contributed by atoms with Crippen LogP contribution in [0, 0.1) is 0 Å². The fraction of sp³-hybridized carbons (Fsp3) is 0.143. The summed E-state index contributed by atoms with van der Waals surface area (Å²) in [7, 11) is 0. The van der Waals surface area contributed by atoms with Crippen LogP contribution in [0.1, 0.15) is 5.01 Å². The second-order valence-electron chi connectivity index (χ2n) is 4.35. The van der Waals surface area contributed by atoms with E-state index in [0.29, 0.717) is 0 Å². The second kappa shape index (κ2) is 5.76. The highest BCUT2D eigenvalue weighted by Crippen LogP contribution is 2.28. The van der Waals surface area contributed by atoms with E-state index in [0.717, 1.165) is 44.7 Å². The van der Waals surface area contributed by atoms with Crippen LogP contribution in [0.4, 0.5) is 11.4 Å². The molecule has 102 valence electrons. The number of aromatic nitrogens is 2. The van der Waals surface area contributed by atoms with E-state index >= 15 is 0 Å². The quantitative estimate of drug-likeness (QED) is 0.705. The standard InChI is InChI=1S/C14H13BrN4S/c15-9-7-10-11(16)1-2-12(14(10)19-8-9)17-4-3-13-18-5-6-20-13/h1-2,5-8,17H,3-4,16H2. The van der Waals surface area contributed by atoms with Crippen LogP contribution in [0.5, 0.6) is 0 Å². The zero-order valence-electron chi connectivity index (χ0n) is 10.6. The Balaban J connectivity index is 1.82. The number of nitrogens with zero attached hydrogens (tertiary/aromatic N) is 2. The molecule has 0 atom stereocenters. The monoisotopic (exact) mass is 348 g/mol. The fourth-order valence-electron chi connectivity index (χ4n) is 2.04. The minimum absolute atomic E-state index is 0.735. The van der Waals surface area contributed by atoms with Crippen LogP contribution < -0.4 is 11.1 Å². The lowest BCUT2D eigenvalue weighted by Crippen LogP contribution is -2.06. The molecule has 3 rings (SSSR count). The summed E-state index contributed by atoms with van der Waals surface area (Å²) >= 11 is 5.10. The van der Waals surface area contributed by atoms with Gasteiger partial charge in [-0.15, -0.1) is 11.3 Å². The molecule has 3 N–H and O–H groups in total. The number of thiazole rings is 1. The van der Waals surface area contributed by atoms with E-state index in [-0.39, 0.29) is 0 Å². The third kappa shape index (κ3) is 2.76. The van der Waals surface area contributed by atoms with Gasteiger partial charge in [0.1, 0.15) is 0 Å². The Morgan fingerprint density at radius 1 is 1.30 bits per heavy atom. The van der Waals surface area contributed by atoms with Gasteiger partial charge >= 0.3 is 0 Å². The maximum Gasteiger partial charge on any atom is 0.0954 e. The molecular weight excluding hydrogens is 336 g/mol. The van der Waals surface area contributed by atoms with Gasteiger partial charge in [0.25, 0.3) is 0 Å². The van der Waals surface area contributed by atoms with Crippen LogP contribution >= 0.6 is 27.3 Å². The molecule has 0 aliphatic carbocycles. The topological polar surface area (TPSA) is 63.8 Å². The first-order chi connectivity index (χ1) is 9.74. The summed E-state index contributed by atoms with van der Waals surface area (Å²) in [5.41, 5.74) is 8.63. The van der Waals surface area contributed by atoms with Crippen LogP contribution in [0.25, 0.3) is 10.9 Å². The number of rotatable bonds is 4. The van der Waals surface area contributed by atoms with Crippen molar-refractivity contribution in [1.82, 2.24) is 9.97 Å². The maximum absolute atomic E-state index is 6.00. The first-order valence-corrected chi connectivity index (χ1v) is 7.87. The maximum atomic E-state index is 6.00. The first-order valence-electron chi connectivity index (χ1n) is 6.20. The van der Waals surface area contributed by atoms with Crippen molar-refractivity contribution in [1.29, 1.82) is 0 Å². The van der Waals surface area contributed by atoms with Gasteiger partial charge in [-0.25, -0.2) is 4.98 Å². The molecule has 0 bridgehead atoms. The minimum atomic E-state index is 0.735. The largest absolute Gasteiger partial charge is 0.398 e. The van der Waals surface area contributed by atoms with Gasteiger partial charge in [0, 0.05) is 46.3 Å². The zero-order chi connectivity index (χ0) is 13.9. The van der Waals surface area contributed by atoms with Crippen LogP contribution in [0.15, 0.2) is 40.4 Å². The first kappa shape index (κ1) is 13.3. The van der Waals surface area contributed by atoms with Gasteiger partial charge in [0.2, 0.25) is 0 Å². The van der Waals surface area contributed by atoms with E-state index < -0.39 is 0 Å². The van der Waals surface area contributed by atoms with E-state index in [2.05, 4.69) is 31.2 Å². The number of nitrogen functional groups attached to an aromatic ring is 1. The van der Waals surface area contributed by atoms with Crippen molar-refractivity contribution in [3.63, 3.8) is 0 Å². The number of benzene rings is 1. The van der Waals surface area contributed by atoms with Crippen molar-refractivity contribution in [2.45, 2.75) is 6.42 Å². The molecule has 6 heteroatoms. The molecule has 2 heterocycles. The lowest BCUT2D eigenvalue weighted by Gasteiger charge is -2.10. The van der Waals surface area contributed by atoms with Gasteiger partial charge in [-0.2, -0.15) is 0 Å². The SMILES string of the molecule is Nc1ccc(NCCc2nccs2)c2ncc(Br)cc12. The summed E-state index contributed by atoms with van der Waals surface area (Å²) in [6, 6.07) is 5.87. The van der Waals surface area contributed by atoms with Crippen molar-refractivity contribution in [3.05, 3.63) is 45.5 Å². The lowest BCUT2D eigenvalue weighted by atomic mass is 10.1. The predicted molar refractivity (Wildman–Crippen MR) is 88.2 cm³/mol. The molecular formula is C14H13BrN4S. The molecule has 20 heavy (non-hydrogen) atoms. The van der Waals surface area contributed by atoms with Crippen LogP contribution in [-0.2, 0) is 6.42 Å². The third-order valence-corrected chi connectivity index (χ3v) is 4.26. The Morgan fingerprint density at radius 2 is 2.20 bits per heavy atom. The average Bonchev–Trinajstić information content (AvgIpc) is 2.95. The van der Waals surface area contributed by atoms with Crippen molar-refractivity contribution in [2.24, 2.45) is 0 Å². The van der Waals surface area contributed by atoms with Crippen molar-refractivity contribution in [2.75, 3.05) is 17.6 Å². The Bertz CT molecular complexity index is 727. The molecule has 3 aromatic rings. The molecule has 2 aromatic heterocycles. The van der Waals surface area contributed by atoms with Gasteiger partial charge in [0.15, 0.2) is 0 Å². The molecule has 0 saturated carbocycles. The second-order valence-corrected chi connectivity index (χ2v) is 6.25. The molecule has 0 unspecified atom stereocenters. The molecule has 0 aliphatic heterocycles. The Morgan fingerprint density at radius 3 is 3.00 bits per heavy atom. The van der Waals surface area contributed by atoms with E-state index in [9.17, 15) is 0 Å². The lowest BCUT2D eigenvalue weighted by molar-refractivity contribution is 0.999.